The number of aromatic nitrogens is 2. The summed E-state index contributed by atoms with van der Waals surface area (Å²) >= 11 is 0. The Bertz CT molecular complexity index is 907. The van der Waals surface area contributed by atoms with Crippen molar-refractivity contribution in [3.63, 3.8) is 0 Å². The van der Waals surface area contributed by atoms with Gasteiger partial charge >= 0.3 is 0 Å². The normalized spacial score (nSPS) is 13.3. The van der Waals surface area contributed by atoms with Crippen LogP contribution in [0.15, 0.2) is 54.6 Å². The van der Waals surface area contributed by atoms with Crippen LogP contribution in [0.3, 0.4) is 0 Å². The van der Waals surface area contributed by atoms with Crippen LogP contribution in [0.25, 0.3) is 11.4 Å². The Hall–Kier alpha value is -3.08. The van der Waals surface area contributed by atoms with Gasteiger partial charge in [-0.25, -0.2) is 9.97 Å². The number of benzene rings is 2. The van der Waals surface area contributed by atoms with Gasteiger partial charge in [0.05, 0.1) is 12.8 Å². The molecule has 0 aliphatic heterocycles. The summed E-state index contributed by atoms with van der Waals surface area (Å²) in [6.45, 7) is 2.06. The van der Waals surface area contributed by atoms with Crippen LogP contribution >= 0.6 is 0 Å². The summed E-state index contributed by atoms with van der Waals surface area (Å²) < 4.78 is 5.47. The molecular weight excluding hydrogens is 324 g/mol. The van der Waals surface area contributed by atoms with Gasteiger partial charge in [-0.1, -0.05) is 36.4 Å². The molecule has 0 radical (unpaired) electrons. The fourth-order valence-electron chi connectivity index (χ4n) is 2.80. The number of rotatable bonds is 6. The van der Waals surface area contributed by atoms with Crippen LogP contribution in [0.1, 0.15) is 18.4 Å². The molecule has 1 fully saturated rings. The molecule has 0 atom stereocenters. The van der Waals surface area contributed by atoms with Crippen molar-refractivity contribution in [2.45, 2.75) is 25.8 Å². The smallest absolute Gasteiger partial charge is 0.163 e. The highest BCUT2D eigenvalue weighted by Crippen LogP contribution is 2.31. The van der Waals surface area contributed by atoms with Gasteiger partial charge in [0.15, 0.2) is 5.82 Å². The highest BCUT2D eigenvalue weighted by atomic mass is 16.5. The first-order valence-corrected chi connectivity index (χ1v) is 8.84. The molecule has 1 aromatic heterocycles. The molecule has 2 N–H and O–H groups in total. The summed E-state index contributed by atoms with van der Waals surface area (Å²) in [6, 6.07) is 18.5. The van der Waals surface area contributed by atoms with Gasteiger partial charge in [0.25, 0.3) is 0 Å². The fourth-order valence-corrected chi connectivity index (χ4v) is 2.80. The van der Waals surface area contributed by atoms with E-state index in [4.69, 9.17) is 14.7 Å². The summed E-state index contributed by atoms with van der Waals surface area (Å²) in [5.74, 6) is 3.07. The second kappa shape index (κ2) is 7.04. The van der Waals surface area contributed by atoms with E-state index in [9.17, 15) is 0 Å². The maximum Gasteiger partial charge on any atom is 0.163 e. The van der Waals surface area contributed by atoms with Crippen LogP contribution < -0.4 is 15.4 Å². The molecule has 4 rings (SSSR count). The van der Waals surface area contributed by atoms with Crippen LogP contribution in [-0.2, 0) is 0 Å². The molecule has 0 amide bonds. The van der Waals surface area contributed by atoms with E-state index in [2.05, 4.69) is 23.6 Å². The molecule has 0 spiro atoms. The van der Waals surface area contributed by atoms with E-state index in [1.165, 1.54) is 12.8 Å². The predicted molar refractivity (Wildman–Crippen MR) is 105 cm³/mol. The first kappa shape index (κ1) is 16.4. The molecule has 1 saturated carbocycles. The number of methoxy groups -OCH3 is 1. The highest BCUT2D eigenvalue weighted by Gasteiger charge is 2.22. The Labute approximate surface area is 153 Å². The zero-order valence-electron chi connectivity index (χ0n) is 15.0. The Morgan fingerprint density at radius 1 is 0.962 bits per heavy atom. The first-order valence-electron chi connectivity index (χ1n) is 8.84. The lowest BCUT2D eigenvalue weighted by atomic mass is 10.2. The summed E-state index contributed by atoms with van der Waals surface area (Å²) in [4.78, 5) is 9.41. The largest absolute Gasteiger partial charge is 0.495 e. The van der Waals surface area contributed by atoms with E-state index in [0.717, 1.165) is 34.2 Å². The highest BCUT2D eigenvalue weighted by molar-refractivity contribution is 5.69. The summed E-state index contributed by atoms with van der Waals surface area (Å²) in [7, 11) is 1.67. The van der Waals surface area contributed by atoms with Crippen LogP contribution in [0.5, 0.6) is 5.75 Å². The summed E-state index contributed by atoms with van der Waals surface area (Å²) in [6.07, 6.45) is 2.39. The maximum atomic E-state index is 5.47. The quantitative estimate of drug-likeness (QED) is 0.673. The van der Waals surface area contributed by atoms with Crippen molar-refractivity contribution in [2.75, 3.05) is 17.7 Å². The molecule has 2 aromatic carbocycles. The number of hydrogen-bond donors (Lipinski definition) is 2. The van der Waals surface area contributed by atoms with E-state index < -0.39 is 0 Å². The van der Waals surface area contributed by atoms with Crippen molar-refractivity contribution in [3.05, 3.63) is 60.2 Å². The zero-order chi connectivity index (χ0) is 17.9. The number of hydrogen-bond acceptors (Lipinski definition) is 5. The monoisotopic (exact) mass is 346 g/mol. The standard InChI is InChI=1S/C21H22N4O/c1-14-8-11-18(26-2)17(12-14)23-20-13-19(22-16-9-10-16)24-21(25-20)15-6-4-3-5-7-15/h3-8,11-13,16H,9-10H2,1-2H3,(H2,22,23,24,25). The minimum Gasteiger partial charge on any atom is -0.495 e. The van der Waals surface area contributed by atoms with E-state index in [0.29, 0.717) is 11.9 Å². The van der Waals surface area contributed by atoms with Crippen molar-refractivity contribution in [1.82, 2.24) is 9.97 Å². The molecule has 0 bridgehead atoms. The lowest BCUT2D eigenvalue weighted by Crippen LogP contribution is -2.06. The lowest BCUT2D eigenvalue weighted by molar-refractivity contribution is 0.416. The molecule has 0 unspecified atom stereocenters. The summed E-state index contributed by atoms with van der Waals surface area (Å²) in [5.41, 5.74) is 3.04. The minimum absolute atomic E-state index is 0.523. The van der Waals surface area contributed by atoms with E-state index in [1.54, 1.807) is 7.11 Å². The maximum absolute atomic E-state index is 5.47. The average molecular weight is 346 g/mol. The van der Waals surface area contributed by atoms with Gasteiger partial charge in [0, 0.05) is 17.7 Å². The molecule has 1 heterocycles. The molecule has 5 nitrogen and oxygen atoms in total. The Kier molecular flexibility index (Phi) is 4.44. The summed E-state index contributed by atoms with van der Waals surface area (Å²) in [5, 5.41) is 6.86. The second-order valence-electron chi connectivity index (χ2n) is 6.58. The molecule has 132 valence electrons. The Morgan fingerprint density at radius 3 is 2.46 bits per heavy atom. The third-order valence-electron chi connectivity index (χ3n) is 4.31. The predicted octanol–water partition coefficient (Wildman–Crippen LogP) is 4.78. The van der Waals surface area contributed by atoms with Crippen molar-refractivity contribution >= 4 is 17.3 Å². The molecule has 26 heavy (non-hydrogen) atoms. The lowest BCUT2D eigenvalue weighted by Gasteiger charge is -2.14. The van der Waals surface area contributed by atoms with E-state index >= 15 is 0 Å². The van der Waals surface area contributed by atoms with Crippen molar-refractivity contribution in [2.24, 2.45) is 0 Å². The molecule has 1 aliphatic rings. The minimum atomic E-state index is 0.523. The molecule has 1 aliphatic carbocycles. The number of aryl methyl sites for hydroxylation is 1. The fraction of sp³-hybridized carbons (Fsp3) is 0.238. The van der Waals surface area contributed by atoms with Gasteiger partial charge in [-0.15, -0.1) is 0 Å². The van der Waals surface area contributed by atoms with Crippen molar-refractivity contribution in [1.29, 1.82) is 0 Å². The van der Waals surface area contributed by atoms with Crippen LogP contribution in [0.4, 0.5) is 17.3 Å². The number of nitrogens with zero attached hydrogens (tertiary/aromatic N) is 2. The molecular formula is C21H22N4O. The topological polar surface area (TPSA) is 59.1 Å². The van der Waals surface area contributed by atoms with Gasteiger partial charge < -0.3 is 15.4 Å². The van der Waals surface area contributed by atoms with Crippen LogP contribution in [0, 0.1) is 6.92 Å². The van der Waals surface area contributed by atoms with Gasteiger partial charge in [-0.2, -0.15) is 0 Å². The Morgan fingerprint density at radius 2 is 1.73 bits per heavy atom. The second-order valence-corrected chi connectivity index (χ2v) is 6.58. The zero-order valence-corrected chi connectivity index (χ0v) is 15.0. The van der Waals surface area contributed by atoms with Crippen molar-refractivity contribution in [3.8, 4) is 17.1 Å². The third-order valence-corrected chi connectivity index (χ3v) is 4.31. The number of ether oxygens (including phenoxy) is 1. The SMILES string of the molecule is COc1ccc(C)cc1Nc1cc(NC2CC2)nc(-c2ccccc2)n1. The van der Waals surface area contributed by atoms with Crippen LogP contribution in [-0.4, -0.2) is 23.1 Å². The third kappa shape index (κ3) is 3.77. The van der Waals surface area contributed by atoms with Gasteiger partial charge in [0.2, 0.25) is 0 Å². The van der Waals surface area contributed by atoms with Crippen molar-refractivity contribution < 1.29 is 4.74 Å². The molecule has 5 heteroatoms. The Balaban J connectivity index is 1.71. The van der Waals surface area contributed by atoms with Gasteiger partial charge in [-0.05, 0) is 37.5 Å². The van der Waals surface area contributed by atoms with E-state index in [-0.39, 0.29) is 0 Å². The average Bonchev–Trinajstić information content (AvgIpc) is 3.46. The van der Waals surface area contributed by atoms with Gasteiger partial charge in [-0.3, -0.25) is 0 Å². The molecule has 0 saturated heterocycles. The number of nitrogens with one attached hydrogen (secondary N) is 2. The van der Waals surface area contributed by atoms with Crippen LogP contribution in [0.2, 0.25) is 0 Å². The van der Waals surface area contributed by atoms with Gasteiger partial charge in [0.1, 0.15) is 17.4 Å². The first-order chi connectivity index (χ1) is 12.7. The molecule has 3 aromatic rings. The number of anilines is 3. The van der Waals surface area contributed by atoms with E-state index in [1.807, 2.05) is 48.5 Å².